The van der Waals surface area contributed by atoms with Gasteiger partial charge in [0.25, 0.3) is 5.91 Å². The van der Waals surface area contributed by atoms with E-state index in [2.05, 4.69) is 65.8 Å². The fraction of sp³-hybridized carbons (Fsp3) is 0.267. The molecule has 1 N–H and O–H groups in total. The Morgan fingerprint density at radius 2 is 1.67 bits per heavy atom. The molecule has 0 bridgehead atoms. The Balaban J connectivity index is 1.51. The van der Waals surface area contributed by atoms with Crippen molar-refractivity contribution >= 4 is 29.6 Å². The van der Waals surface area contributed by atoms with E-state index in [0.717, 1.165) is 28.3 Å². The van der Waals surface area contributed by atoms with Crippen molar-refractivity contribution in [1.29, 1.82) is 0 Å². The summed E-state index contributed by atoms with van der Waals surface area (Å²) in [4.78, 5) is 14.6. The molecule has 202 valence electrons. The van der Waals surface area contributed by atoms with Gasteiger partial charge in [-0.1, -0.05) is 68.9 Å². The van der Waals surface area contributed by atoms with E-state index >= 15 is 0 Å². The molecule has 0 aliphatic carbocycles. The third kappa shape index (κ3) is 7.06. The summed E-state index contributed by atoms with van der Waals surface area (Å²) >= 11 is 1.30. The molecule has 0 atom stereocenters. The third-order valence-corrected chi connectivity index (χ3v) is 7.05. The van der Waals surface area contributed by atoms with Gasteiger partial charge < -0.3 is 9.64 Å². The molecule has 4 aromatic rings. The Morgan fingerprint density at radius 1 is 1.00 bits per heavy atom. The molecule has 0 aliphatic heterocycles. The van der Waals surface area contributed by atoms with Crippen LogP contribution in [0.1, 0.15) is 31.9 Å². The van der Waals surface area contributed by atoms with Crippen molar-refractivity contribution in [3.63, 3.8) is 0 Å². The quantitative estimate of drug-likeness (QED) is 0.170. The Kier molecular flexibility index (Phi) is 8.71. The van der Waals surface area contributed by atoms with Crippen LogP contribution in [0, 0.1) is 0 Å². The van der Waals surface area contributed by atoms with Gasteiger partial charge in [0.1, 0.15) is 5.75 Å². The van der Waals surface area contributed by atoms with Crippen molar-refractivity contribution < 1.29 is 9.53 Å². The van der Waals surface area contributed by atoms with E-state index in [0.29, 0.717) is 11.0 Å². The lowest BCUT2D eigenvalue weighted by Crippen LogP contribution is -2.20. The van der Waals surface area contributed by atoms with Crippen LogP contribution in [-0.2, 0) is 10.2 Å². The van der Waals surface area contributed by atoms with Gasteiger partial charge >= 0.3 is 0 Å². The van der Waals surface area contributed by atoms with Crippen LogP contribution in [-0.4, -0.2) is 53.8 Å². The highest BCUT2D eigenvalue weighted by Crippen LogP contribution is 2.30. The van der Waals surface area contributed by atoms with E-state index in [4.69, 9.17) is 4.74 Å². The first-order valence-electron chi connectivity index (χ1n) is 12.6. The Bertz CT molecular complexity index is 1420. The van der Waals surface area contributed by atoms with Gasteiger partial charge in [0.05, 0.1) is 19.1 Å². The number of amides is 1. The van der Waals surface area contributed by atoms with Gasteiger partial charge in [-0.25, -0.2) is 5.43 Å². The van der Waals surface area contributed by atoms with Gasteiger partial charge in [-0.3, -0.25) is 9.36 Å². The number of hydrogen-bond donors (Lipinski definition) is 1. The monoisotopic (exact) mass is 542 g/mol. The van der Waals surface area contributed by atoms with Crippen molar-refractivity contribution in [2.45, 2.75) is 31.3 Å². The molecule has 0 fully saturated rings. The number of nitrogens with zero attached hydrogens (tertiary/aromatic N) is 5. The van der Waals surface area contributed by atoms with E-state index in [1.54, 1.807) is 13.3 Å². The lowest BCUT2D eigenvalue weighted by atomic mass is 9.87. The number of ether oxygens (including phenoxy) is 1. The summed E-state index contributed by atoms with van der Waals surface area (Å²) in [7, 11) is 5.61. The van der Waals surface area contributed by atoms with Crippen LogP contribution in [0.25, 0.3) is 17.1 Å². The summed E-state index contributed by atoms with van der Waals surface area (Å²) in [6.07, 6.45) is 1.63. The average molecular weight is 543 g/mol. The molecule has 4 rings (SSSR count). The standard InChI is InChI=1S/C30H34N6O2S/c1-30(2,3)23-11-9-22(10-12-23)28-33-34-29(36(28)25-15-17-26(38-6)18-16-25)39-20-27(37)32-31-19-21-7-13-24(14-8-21)35(4)5/h7-19H,20H2,1-6H3,(H,32,37)/b31-19+. The lowest BCUT2D eigenvalue weighted by Gasteiger charge is -2.19. The van der Waals surface area contributed by atoms with E-state index in [9.17, 15) is 4.79 Å². The molecule has 9 heteroatoms. The fourth-order valence-corrected chi connectivity index (χ4v) is 4.58. The number of hydrazone groups is 1. The molecule has 0 saturated carbocycles. The number of rotatable bonds is 9. The van der Waals surface area contributed by atoms with E-state index in [1.165, 1.54) is 17.3 Å². The van der Waals surface area contributed by atoms with E-state index in [1.807, 2.05) is 72.1 Å². The van der Waals surface area contributed by atoms with Crippen LogP contribution in [0.4, 0.5) is 5.69 Å². The minimum atomic E-state index is -0.235. The number of methoxy groups -OCH3 is 1. The maximum Gasteiger partial charge on any atom is 0.250 e. The molecule has 1 heterocycles. The molecular weight excluding hydrogens is 508 g/mol. The number of benzene rings is 3. The molecule has 0 aliphatic rings. The molecule has 0 radical (unpaired) electrons. The maximum absolute atomic E-state index is 12.6. The second-order valence-corrected chi connectivity index (χ2v) is 11.2. The number of nitrogens with one attached hydrogen (secondary N) is 1. The van der Waals surface area contributed by atoms with Gasteiger partial charge in [0.2, 0.25) is 0 Å². The molecule has 0 saturated heterocycles. The molecule has 0 spiro atoms. The van der Waals surface area contributed by atoms with E-state index in [-0.39, 0.29) is 17.1 Å². The van der Waals surface area contributed by atoms with Crippen LogP contribution in [0.2, 0.25) is 0 Å². The van der Waals surface area contributed by atoms with Crippen molar-refractivity contribution in [3.8, 4) is 22.8 Å². The third-order valence-electron chi connectivity index (χ3n) is 6.12. The molecule has 3 aromatic carbocycles. The predicted octanol–water partition coefficient (Wildman–Crippen LogP) is 5.55. The van der Waals surface area contributed by atoms with Crippen LogP contribution in [0.5, 0.6) is 5.75 Å². The first kappa shape index (κ1) is 27.9. The molecule has 1 amide bonds. The summed E-state index contributed by atoms with van der Waals surface area (Å²) in [5.74, 6) is 1.35. The van der Waals surface area contributed by atoms with Gasteiger partial charge in [0, 0.05) is 31.0 Å². The zero-order valence-electron chi connectivity index (χ0n) is 23.2. The van der Waals surface area contributed by atoms with Crippen molar-refractivity contribution in [2.75, 3.05) is 31.9 Å². The Labute approximate surface area is 234 Å². The van der Waals surface area contributed by atoms with Gasteiger partial charge in [0.15, 0.2) is 11.0 Å². The van der Waals surface area contributed by atoms with Crippen LogP contribution in [0.15, 0.2) is 83.1 Å². The van der Waals surface area contributed by atoms with Crippen molar-refractivity contribution in [2.24, 2.45) is 5.10 Å². The minimum absolute atomic E-state index is 0.0503. The number of aromatic nitrogens is 3. The molecule has 0 unspecified atom stereocenters. The smallest absolute Gasteiger partial charge is 0.250 e. The second kappa shape index (κ2) is 12.2. The summed E-state index contributed by atoms with van der Waals surface area (Å²) in [6, 6.07) is 23.9. The number of hydrogen-bond acceptors (Lipinski definition) is 7. The lowest BCUT2D eigenvalue weighted by molar-refractivity contribution is -0.118. The summed E-state index contributed by atoms with van der Waals surface area (Å²) < 4.78 is 7.28. The first-order valence-corrected chi connectivity index (χ1v) is 13.6. The summed E-state index contributed by atoms with van der Waals surface area (Å²) in [6.45, 7) is 6.56. The SMILES string of the molecule is COc1ccc(-n2c(SCC(=O)N/N=C/c3ccc(N(C)C)cc3)nnc2-c2ccc(C(C)(C)C)cc2)cc1. The normalized spacial score (nSPS) is 11.5. The average Bonchev–Trinajstić information content (AvgIpc) is 3.36. The number of anilines is 1. The van der Waals surface area contributed by atoms with Gasteiger partial charge in [-0.15, -0.1) is 10.2 Å². The zero-order chi connectivity index (χ0) is 28.0. The molecule has 39 heavy (non-hydrogen) atoms. The largest absolute Gasteiger partial charge is 0.497 e. The highest BCUT2D eigenvalue weighted by Gasteiger charge is 2.19. The van der Waals surface area contributed by atoms with Crippen molar-refractivity contribution in [1.82, 2.24) is 20.2 Å². The molecule has 1 aromatic heterocycles. The summed E-state index contributed by atoms with van der Waals surface area (Å²) in [5.41, 5.74) is 7.69. The maximum atomic E-state index is 12.6. The van der Waals surface area contributed by atoms with Crippen LogP contribution >= 0.6 is 11.8 Å². The highest BCUT2D eigenvalue weighted by atomic mass is 32.2. The minimum Gasteiger partial charge on any atom is -0.497 e. The van der Waals surface area contributed by atoms with Gasteiger partial charge in [-0.05, 0) is 52.9 Å². The second-order valence-electron chi connectivity index (χ2n) is 10.2. The van der Waals surface area contributed by atoms with Crippen LogP contribution < -0.4 is 15.1 Å². The predicted molar refractivity (Wildman–Crippen MR) is 159 cm³/mol. The molecule has 8 nitrogen and oxygen atoms in total. The zero-order valence-corrected chi connectivity index (χ0v) is 24.0. The van der Waals surface area contributed by atoms with Crippen molar-refractivity contribution in [3.05, 3.63) is 83.9 Å². The number of thioether (sulfide) groups is 1. The topological polar surface area (TPSA) is 84.6 Å². The molecular formula is C30H34N6O2S. The van der Waals surface area contributed by atoms with E-state index < -0.39 is 0 Å². The fourth-order valence-electron chi connectivity index (χ4n) is 3.83. The van der Waals surface area contributed by atoms with Crippen LogP contribution in [0.3, 0.4) is 0 Å². The first-order chi connectivity index (χ1) is 18.7. The van der Waals surface area contributed by atoms with Gasteiger partial charge in [-0.2, -0.15) is 5.10 Å². The Hall–Kier alpha value is -4.11. The Morgan fingerprint density at radius 3 is 2.26 bits per heavy atom. The number of carbonyl (C=O) groups is 1. The highest BCUT2D eigenvalue weighted by molar-refractivity contribution is 7.99. The number of carbonyl (C=O) groups excluding carboxylic acids is 1. The summed E-state index contributed by atoms with van der Waals surface area (Å²) in [5, 5.41) is 13.6.